The van der Waals surface area contributed by atoms with E-state index >= 15 is 0 Å². The molecule has 0 saturated carbocycles. The maximum absolute atomic E-state index is 13.0. The quantitative estimate of drug-likeness (QED) is 0.434. The summed E-state index contributed by atoms with van der Waals surface area (Å²) in [5.41, 5.74) is 3.32. The average molecular weight is 531 g/mol. The third-order valence-corrected chi connectivity index (χ3v) is 9.65. The van der Waals surface area contributed by atoms with Gasteiger partial charge in [0.25, 0.3) is 0 Å². The molecular formula is C29H34N6O2S. The number of piperidine rings is 3. The van der Waals surface area contributed by atoms with Gasteiger partial charge in [0.05, 0.1) is 10.5 Å². The van der Waals surface area contributed by atoms with Crippen molar-refractivity contribution in [3.63, 3.8) is 0 Å². The monoisotopic (exact) mass is 530 g/mol. The SMILES string of the molecule is CCC(CC)c1cc([C@H]2CN3CC[C@H]2C[C@@H]3CNS(=O)(=O)c2ccccc2C#N)nc(-c2ccncc2)n1. The van der Waals surface area contributed by atoms with Crippen molar-refractivity contribution in [2.24, 2.45) is 5.92 Å². The maximum atomic E-state index is 13.0. The minimum atomic E-state index is -3.77. The van der Waals surface area contributed by atoms with Crippen LogP contribution in [0.4, 0.5) is 0 Å². The Morgan fingerprint density at radius 1 is 1.13 bits per heavy atom. The van der Waals surface area contributed by atoms with Crippen molar-refractivity contribution in [2.45, 2.75) is 62.3 Å². The second-order valence-corrected chi connectivity index (χ2v) is 12.0. The van der Waals surface area contributed by atoms with E-state index in [9.17, 15) is 13.7 Å². The van der Waals surface area contributed by atoms with E-state index in [1.807, 2.05) is 18.2 Å². The van der Waals surface area contributed by atoms with E-state index in [4.69, 9.17) is 9.97 Å². The van der Waals surface area contributed by atoms with Crippen molar-refractivity contribution in [1.29, 1.82) is 5.26 Å². The Morgan fingerprint density at radius 2 is 1.89 bits per heavy atom. The molecule has 0 amide bonds. The van der Waals surface area contributed by atoms with Gasteiger partial charge in [-0.25, -0.2) is 23.1 Å². The molecule has 3 fully saturated rings. The molecule has 3 aliphatic rings. The molecule has 3 aliphatic heterocycles. The number of nitrogens with one attached hydrogen (secondary N) is 1. The van der Waals surface area contributed by atoms with Gasteiger partial charge in [-0.15, -0.1) is 0 Å². The highest BCUT2D eigenvalue weighted by Crippen LogP contribution is 2.42. The Bertz CT molecular complexity index is 1420. The second kappa shape index (κ2) is 11.3. The van der Waals surface area contributed by atoms with Crippen LogP contribution in [0, 0.1) is 17.2 Å². The summed E-state index contributed by atoms with van der Waals surface area (Å²) >= 11 is 0. The number of aromatic nitrogens is 3. The van der Waals surface area contributed by atoms with E-state index in [-0.39, 0.29) is 22.4 Å². The van der Waals surface area contributed by atoms with Crippen molar-refractivity contribution in [2.75, 3.05) is 19.6 Å². The molecule has 9 heteroatoms. The lowest BCUT2D eigenvalue weighted by Gasteiger charge is -2.49. The minimum absolute atomic E-state index is 0.0369. The molecule has 1 unspecified atom stereocenters. The van der Waals surface area contributed by atoms with Crippen molar-refractivity contribution in [3.05, 3.63) is 71.8 Å². The normalized spacial score (nSPS) is 22.9. The fraction of sp³-hybridized carbons (Fsp3) is 0.448. The lowest BCUT2D eigenvalue weighted by molar-refractivity contribution is 0.0317. The summed E-state index contributed by atoms with van der Waals surface area (Å²) in [6.07, 6.45) is 7.58. The standard InChI is InChI=1S/C29H34N6O2S/c1-3-20(4-2)26-16-27(34-29(33-26)21-9-12-31-13-10-21)25-19-35-14-11-22(25)15-24(35)18-32-38(36,37)28-8-6-5-7-23(28)17-30/h5-10,12-13,16,20,22,24-25,32H,3-4,11,14-15,18-19H2,1-2H3/t22-,24+,25-/m0/s1. The molecule has 198 valence electrons. The fourth-order valence-corrected chi connectivity index (χ4v) is 7.21. The van der Waals surface area contributed by atoms with Gasteiger partial charge in [-0.3, -0.25) is 9.88 Å². The first-order valence-corrected chi connectivity index (χ1v) is 14.9. The van der Waals surface area contributed by atoms with E-state index in [0.717, 1.165) is 61.5 Å². The zero-order valence-electron chi connectivity index (χ0n) is 21.9. The number of benzene rings is 1. The molecule has 1 aromatic carbocycles. The predicted molar refractivity (Wildman–Crippen MR) is 146 cm³/mol. The first-order chi connectivity index (χ1) is 18.4. The molecule has 0 aliphatic carbocycles. The van der Waals surface area contributed by atoms with Crippen molar-refractivity contribution < 1.29 is 8.42 Å². The van der Waals surface area contributed by atoms with Gasteiger partial charge in [-0.1, -0.05) is 26.0 Å². The Hall–Kier alpha value is -3.19. The zero-order valence-corrected chi connectivity index (χ0v) is 22.7. The molecule has 4 atom stereocenters. The van der Waals surface area contributed by atoms with Crippen molar-refractivity contribution >= 4 is 10.0 Å². The molecular weight excluding hydrogens is 496 g/mol. The molecule has 2 bridgehead atoms. The molecule has 2 aromatic heterocycles. The van der Waals surface area contributed by atoms with Crippen LogP contribution in [-0.2, 0) is 10.0 Å². The lowest BCUT2D eigenvalue weighted by atomic mass is 9.74. The number of hydrogen-bond acceptors (Lipinski definition) is 7. The topological polar surface area (TPSA) is 112 Å². The summed E-state index contributed by atoms with van der Waals surface area (Å²) in [4.78, 5) is 16.6. The van der Waals surface area contributed by atoms with Crippen molar-refractivity contribution in [3.8, 4) is 17.5 Å². The van der Waals surface area contributed by atoms with Crippen LogP contribution in [0.15, 0.2) is 59.8 Å². The van der Waals surface area contributed by atoms with Crippen LogP contribution in [0.5, 0.6) is 0 Å². The largest absolute Gasteiger partial charge is 0.298 e. The van der Waals surface area contributed by atoms with E-state index < -0.39 is 10.0 Å². The molecule has 0 radical (unpaired) electrons. The zero-order chi connectivity index (χ0) is 26.7. The molecule has 6 rings (SSSR count). The highest BCUT2D eigenvalue weighted by molar-refractivity contribution is 7.89. The summed E-state index contributed by atoms with van der Waals surface area (Å²) in [7, 11) is -3.77. The lowest BCUT2D eigenvalue weighted by Crippen LogP contribution is -2.56. The van der Waals surface area contributed by atoms with Crippen LogP contribution in [0.2, 0.25) is 0 Å². The Labute approximate surface area is 225 Å². The number of nitrogens with zero attached hydrogens (tertiary/aromatic N) is 5. The summed E-state index contributed by atoms with van der Waals surface area (Å²) in [6.45, 7) is 6.54. The Kier molecular flexibility index (Phi) is 7.84. The minimum Gasteiger partial charge on any atom is -0.298 e. The van der Waals surface area contributed by atoms with Gasteiger partial charge in [0.15, 0.2) is 5.82 Å². The Morgan fingerprint density at radius 3 is 2.58 bits per heavy atom. The van der Waals surface area contributed by atoms with Crippen LogP contribution in [0.3, 0.4) is 0 Å². The van der Waals surface area contributed by atoms with Gasteiger partial charge in [-0.2, -0.15) is 5.26 Å². The van der Waals surface area contributed by atoms with E-state index in [2.05, 4.69) is 34.5 Å². The van der Waals surface area contributed by atoms with Gasteiger partial charge in [0.2, 0.25) is 10.0 Å². The molecule has 0 spiro atoms. The third kappa shape index (κ3) is 5.35. The van der Waals surface area contributed by atoms with E-state index in [0.29, 0.717) is 18.4 Å². The second-order valence-electron chi connectivity index (χ2n) is 10.3. The number of hydrogen-bond donors (Lipinski definition) is 1. The maximum Gasteiger partial charge on any atom is 0.241 e. The van der Waals surface area contributed by atoms with Gasteiger partial charge in [0.1, 0.15) is 6.07 Å². The molecule has 8 nitrogen and oxygen atoms in total. The van der Waals surface area contributed by atoms with Crippen LogP contribution < -0.4 is 4.72 Å². The molecule has 38 heavy (non-hydrogen) atoms. The van der Waals surface area contributed by atoms with Crippen LogP contribution in [-0.4, -0.2) is 53.9 Å². The number of pyridine rings is 1. The van der Waals surface area contributed by atoms with E-state index in [1.54, 1.807) is 24.5 Å². The summed E-state index contributed by atoms with van der Waals surface area (Å²) in [5.74, 6) is 1.85. The van der Waals surface area contributed by atoms with Gasteiger partial charge < -0.3 is 0 Å². The summed E-state index contributed by atoms with van der Waals surface area (Å²) in [5, 5.41) is 9.34. The molecule has 3 aromatic rings. The predicted octanol–water partition coefficient (Wildman–Crippen LogP) is 4.47. The summed E-state index contributed by atoms with van der Waals surface area (Å²) < 4.78 is 28.7. The summed E-state index contributed by atoms with van der Waals surface area (Å²) in [6, 6.07) is 14.6. The third-order valence-electron chi connectivity index (χ3n) is 8.17. The number of rotatable bonds is 9. The first-order valence-electron chi connectivity index (χ1n) is 13.5. The van der Waals surface area contributed by atoms with Gasteiger partial charge in [0, 0.05) is 60.3 Å². The smallest absolute Gasteiger partial charge is 0.241 e. The highest BCUT2D eigenvalue weighted by Gasteiger charge is 2.42. The Balaban J connectivity index is 1.36. The van der Waals surface area contributed by atoms with Crippen LogP contribution in [0.25, 0.3) is 11.4 Å². The molecule has 5 heterocycles. The van der Waals surface area contributed by atoms with E-state index in [1.165, 1.54) is 12.1 Å². The average Bonchev–Trinajstić information content (AvgIpc) is 2.97. The van der Waals surface area contributed by atoms with Gasteiger partial charge >= 0.3 is 0 Å². The fourth-order valence-electron chi connectivity index (χ4n) is 5.98. The van der Waals surface area contributed by atoms with Gasteiger partial charge in [-0.05, 0) is 68.5 Å². The first kappa shape index (κ1) is 26.4. The number of nitriles is 1. The highest BCUT2D eigenvalue weighted by atomic mass is 32.2. The number of fused-ring (bicyclic) bond motifs is 3. The van der Waals surface area contributed by atoms with Crippen molar-refractivity contribution in [1.82, 2.24) is 24.6 Å². The molecule has 1 N–H and O–H groups in total. The van der Waals surface area contributed by atoms with Crippen LogP contribution >= 0.6 is 0 Å². The molecule has 3 saturated heterocycles. The number of sulfonamides is 1. The van der Waals surface area contributed by atoms with Crippen LogP contribution in [0.1, 0.15) is 68.3 Å².